The van der Waals surface area contributed by atoms with Crippen LogP contribution >= 0.6 is 11.3 Å². The SMILES string of the molecule is CC(C)(NCc1ccc(C(=O)O)cn1)c1nccs1. The first kappa shape index (κ1) is 13.6. The molecule has 2 heterocycles. The van der Waals surface area contributed by atoms with Crippen LogP contribution in [0.4, 0.5) is 0 Å². The smallest absolute Gasteiger partial charge is 0.337 e. The van der Waals surface area contributed by atoms with Gasteiger partial charge in [-0.1, -0.05) is 0 Å². The molecule has 0 aliphatic carbocycles. The molecular formula is C13H15N3O2S. The number of carboxylic acid groups (broad SMARTS) is 1. The van der Waals surface area contributed by atoms with Gasteiger partial charge in [0, 0.05) is 24.3 Å². The van der Waals surface area contributed by atoms with Gasteiger partial charge in [-0.05, 0) is 26.0 Å². The van der Waals surface area contributed by atoms with E-state index in [1.54, 1.807) is 29.7 Å². The molecule has 0 bridgehead atoms. The van der Waals surface area contributed by atoms with Gasteiger partial charge in [0.25, 0.3) is 0 Å². The number of aromatic nitrogens is 2. The number of nitrogens with zero attached hydrogens (tertiary/aromatic N) is 2. The van der Waals surface area contributed by atoms with Crippen molar-refractivity contribution < 1.29 is 9.90 Å². The van der Waals surface area contributed by atoms with Crippen LogP contribution in [-0.4, -0.2) is 21.0 Å². The number of hydrogen-bond donors (Lipinski definition) is 2. The molecule has 5 nitrogen and oxygen atoms in total. The predicted molar refractivity (Wildman–Crippen MR) is 73.2 cm³/mol. The largest absolute Gasteiger partial charge is 0.478 e. The van der Waals surface area contributed by atoms with Gasteiger partial charge in [-0.15, -0.1) is 11.3 Å². The molecular weight excluding hydrogens is 262 g/mol. The Hall–Kier alpha value is -1.79. The number of carboxylic acids is 1. The molecule has 0 aliphatic rings. The number of nitrogens with one attached hydrogen (secondary N) is 1. The molecule has 2 aromatic heterocycles. The summed E-state index contributed by atoms with van der Waals surface area (Å²) in [6, 6.07) is 3.27. The van der Waals surface area contributed by atoms with Crippen LogP contribution in [0.2, 0.25) is 0 Å². The third-order valence-electron chi connectivity index (χ3n) is 2.75. The van der Waals surface area contributed by atoms with Crippen LogP contribution in [0.25, 0.3) is 0 Å². The Labute approximate surface area is 115 Å². The maximum absolute atomic E-state index is 10.7. The lowest BCUT2D eigenvalue weighted by molar-refractivity contribution is 0.0696. The third-order valence-corrected chi connectivity index (χ3v) is 3.85. The average molecular weight is 277 g/mol. The van der Waals surface area contributed by atoms with Crippen molar-refractivity contribution in [1.29, 1.82) is 0 Å². The van der Waals surface area contributed by atoms with Crippen molar-refractivity contribution in [2.24, 2.45) is 0 Å². The molecule has 0 aromatic carbocycles. The van der Waals surface area contributed by atoms with Crippen molar-refractivity contribution in [2.75, 3.05) is 0 Å². The molecule has 2 N–H and O–H groups in total. The lowest BCUT2D eigenvalue weighted by atomic mass is 10.1. The van der Waals surface area contributed by atoms with Gasteiger partial charge in [-0.2, -0.15) is 0 Å². The van der Waals surface area contributed by atoms with Gasteiger partial charge in [-0.25, -0.2) is 9.78 Å². The molecule has 0 radical (unpaired) electrons. The summed E-state index contributed by atoms with van der Waals surface area (Å²) in [5, 5.41) is 15.1. The average Bonchev–Trinajstić information content (AvgIpc) is 2.91. The van der Waals surface area contributed by atoms with Crippen LogP contribution in [0.5, 0.6) is 0 Å². The fourth-order valence-corrected chi connectivity index (χ4v) is 2.31. The molecule has 100 valence electrons. The normalized spacial score (nSPS) is 11.5. The van der Waals surface area contributed by atoms with E-state index in [1.807, 2.05) is 5.38 Å². The predicted octanol–water partition coefficient (Wildman–Crippen LogP) is 2.26. The van der Waals surface area contributed by atoms with Crippen molar-refractivity contribution in [1.82, 2.24) is 15.3 Å². The minimum absolute atomic E-state index is 0.197. The summed E-state index contributed by atoms with van der Waals surface area (Å²) in [5.74, 6) is -0.963. The molecule has 6 heteroatoms. The van der Waals surface area contributed by atoms with Crippen molar-refractivity contribution in [2.45, 2.75) is 25.9 Å². The number of rotatable bonds is 5. The minimum Gasteiger partial charge on any atom is -0.478 e. The Bertz CT molecular complexity index is 550. The van der Waals surface area contributed by atoms with E-state index >= 15 is 0 Å². The number of hydrogen-bond acceptors (Lipinski definition) is 5. The van der Waals surface area contributed by atoms with Gasteiger partial charge in [0.2, 0.25) is 0 Å². The van der Waals surface area contributed by atoms with Gasteiger partial charge >= 0.3 is 5.97 Å². The van der Waals surface area contributed by atoms with E-state index < -0.39 is 5.97 Å². The lowest BCUT2D eigenvalue weighted by Gasteiger charge is -2.23. The van der Waals surface area contributed by atoms with Crippen LogP contribution in [0, 0.1) is 0 Å². The molecule has 0 amide bonds. The second kappa shape index (κ2) is 5.46. The van der Waals surface area contributed by atoms with Gasteiger partial charge in [-0.3, -0.25) is 4.98 Å². The molecule has 0 unspecified atom stereocenters. The Balaban J connectivity index is 2.00. The van der Waals surface area contributed by atoms with E-state index in [1.165, 1.54) is 6.20 Å². The third kappa shape index (κ3) is 3.36. The van der Waals surface area contributed by atoms with Gasteiger partial charge < -0.3 is 10.4 Å². The first-order chi connectivity index (χ1) is 8.99. The van der Waals surface area contributed by atoms with Gasteiger partial charge in [0.15, 0.2) is 0 Å². The minimum atomic E-state index is -0.963. The summed E-state index contributed by atoms with van der Waals surface area (Å²) < 4.78 is 0. The topological polar surface area (TPSA) is 75.1 Å². The fourth-order valence-electron chi connectivity index (χ4n) is 1.57. The van der Waals surface area contributed by atoms with E-state index in [0.717, 1.165) is 10.7 Å². The molecule has 0 saturated carbocycles. The summed E-state index contributed by atoms with van der Waals surface area (Å²) in [6.07, 6.45) is 3.15. The fraction of sp³-hybridized carbons (Fsp3) is 0.308. The van der Waals surface area contributed by atoms with Crippen molar-refractivity contribution in [3.05, 3.63) is 46.2 Å². The second-order valence-electron chi connectivity index (χ2n) is 4.66. The number of pyridine rings is 1. The summed E-state index contributed by atoms with van der Waals surface area (Å²) in [6.45, 7) is 4.67. The van der Waals surface area contributed by atoms with Crippen LogP contribution in [0.1, 0.15) is 34.9 Å². The second-order valence-corrected chi connectivity index (χ2v) is 5.55. The highest BCUT2D eigenvalue weighted by molar-refractivity contribution is 7.09. The zero-order valence-electron chi connectivity index (χ0n) is 10.8. The number of aromatic carboxylic acids is 1. The molecule has 19 heavy (non-hydrogen) atoms. The van der Waals surface area contributed by atoms with Crippen LogP contribution in [0.3, 0.4) is 0 Å². The van der Waals surface area contributed by atoms with E-state index in [9.17, 15) is 4.79 Å². The summed E-state index contributed by atoms with van der Waals surface area (Å²) in [5.41, 5.74) is 0.763. The molecule has 0 saturated heterocycles. The maximum Gasteiger partial charge on any atom is 0.337 e. The zero-order chi connectivity index (χ0) is 13.9. The van der Waals surface area contributed by atoms with Gasteiger partial charge in [0.05, 0.1) is 16.8 Å². The Morgan fingerprint density at radius 2 is 2.21 bits per heavy atom. The molecule has 0 aliphatic heterocycles. The molecule has 2 rings (SSSR count). The zero-order valence-corrected chi connectivity index (χ0v) is 11.6. The highest BCUT2D eigenvalue weighted by Crippen LogP contribution is 2.22. The van der Waals surface area contributed by atoms with E-state index in [4.69, 9.17) is 5.11 Å². The maximum atomic E-state index is 10.7. The first-order valence-electron chi connectivity index (χ1n) is 5.82. The van der Waals surface area contributed by atoms with Crippen molar-refractivity contribution >= 4 is 17.3 Å². The Morgan fingerprint density at radius 3 is 2.74 bits per heavy atom. The summed E-state index contributed by atoms with van der Waals surface area (Å²) >= 11 is 1.60. The Morgan fingerprint density at radius 1 is 1.42 bits per heavy atom. The highest BCUT2D eigenvalue weighted by Gasteiger charge is 2.22. The standard InChI is InChI=1S/C13H15N3O2S/c1-13(2,12-14-5-6-19-12)16-8-10-4-3-9(7-15-10)11(17)18/h3-7,16H,8H2,1-2H3,(H,17,18). The van der Waals surface area contributed by atoms with Gasteiger partial charge in [0.1, 0.15) is 5.01 Å². The van der Waals surface area contributed by atoms with Crippen molar-refractivity contribution in [3.8, 4) is 0 Å². The number of carbonyl (C=O) groups is 1. The lowest BCUT2D eigenvalue weighted by Crippen LogP contribution is -2.36. The summed E-state index contributed by atoms with van der Waals surface area (Å²) in [7, 11) is 0. The van der Waals surface area contributed by atoms with Crippen LogP contribution < -0.4 is 5.32 Å². The molecule has 2 aromatic rings. The monoisotopic (exact) mass is 277 g/mol. The molecule has 0 fully saturated rings. The first-order valence-corrected chi connectivity index (χ1v) is 6.70. The quantitative estimate of drug-likeness (QED) is 0.876. The Kier molecular flexibility index (Phi) is 3.92. The number of thiazole rings is 1. The molecule has 0 atom stereocenters. The van der Waals surface area contributed by atoms with E-state index in [2.05, 4.69) is 29.1 Å². The van der Waals surface area contributed by atoms with E-state index in [-0.39, 0.29) is 11.1 Å². The molecule has 0 spiro atoms. The summed E-state index contributed by atoms with van der Waals surface area (Å²) in [4.78, 5) is 19.1. The van der Waals surface area contributed by atoms with E-state index in [0.29, 0.717) is 6.54 Å². The van der Waals surface area contributed by atoms with Crippen LogP contribution in [0.15, 0.2) is 29.9 Å². The van der Waals surface area contributed by atoms with Crippen molar-refractivity contribution in [3.63, 3.8) is 0 Å². The highest BCUT2D eigenvalue weighted by atomic mass is 32.1. The van der Waals surface area contributed by atoms with Crippen LogP contribution in [-0.2, 0) is 12.1 Å².